The number of aliphatic hydroxyl groups is 1. The molecule has 1 aliphatic heterocycles. The van der Waals surface area contributed by atoms with Gasteiger partial charge in [-0.05, 0) is 33.6 Å². The zero-order chi connectivity index (χ0) is 11.6. The van der Waals surface area contributed by atoms with E-state index in [1.165, 1.54) is 4.90 Å². The molecule has 0 aromatic carbocycles. The van der Waals surface area contributed by atoms with Crippen molar-refractivity contribution in [2.45, 2.75) is 39.7 Å². The van der Waals surface area contributed by atoms with Crippen molar-refractivity contribution < 1.29 is 14.7 Å². The Morgan fingerprint density at radius 2 is 1.67 bits per heavy atom. The highest BCUT2D eigenvalue weighted by atomic mass is 16.3. The molecule has 1 atom stereocenters. The van der Waals surface area contributed by atoms with Crippen molar-refractivity contribution in [3.05, 3.63) is 11.1 Å². The minimum absolute atomic E-state index is 0.192. The fraction of sp³-hybridized carbons (Fsp3) is 0.636. The first-order valence-electron chi connectivity index (χ1n) is 5.17. The Balaban J connectivity index is 2.53. The molecule has 0 fully saturated rings. The van der Waals surface area contributed by atoms with Gasteiger partial charge in [-0.1, -0.05) is 0 Å². The molecule has 0 saturated heterocycles. The Hall–Kier alpha value is -1.16. The molecule has 4 nitrogen and oxygen atoms in total. The number of carbonyl (C=O) groups is 2. The second kappa shape index (κ2) is 4.57. The quantitative estimate of drug-likeness (QED) is 0.701. The summed E-state index contributed by atoms with van der Waals surface area (Å²) in [7, 11) is 0. The molecular formula is C11H17NO3. The number of hydrogen-bond acceptors (Lipinski definition) is 3. The molecule has 0 radical (unpaired) electrons. The van der Waals surface area contributed by atoms with E-state index < -0.39 is 0 Å². The Bertz CT molecular complexity index is 294. The molecule has 0 aliphatic carbocycles. The molecule has 1 unspecified atom stereocenters. The van der Waals surface area contributed by atoms with Crippen LogP contribution in [0.15, 0.2) is 11.1 Å². The van der Waals surface area contributed by atoms with Crippen LogP contribution >= 0.6 is 0 Å². The molecule has 84 valence electrons. The number of imide groups is 1. The van der Waals surface area contributed by atoms with Gasteiger partial charge in [-0.3, -0.25) is 14.5 Å². The molecule has 0 bridgehead atoms. The average Bonchev–Trinajstić information content (AvgIpc) is 2.34. The van der Waals surface area contributed by atoms with Gasteiger partial charge >= 0.3 is 0 Å². The lowest BCUT2D eigenvalue weighted by atomic mass is 10.2. The number of nitrogens with zero attached hydrogens (tertiary/aromatic N) is 1. The molecule has 1 rings (SSSR count). The Labute approximate surface area is 89.6 Å². The molecular weight excluding hydrogens is 194 g/mol. The molecule has 0 aromatic heterocycles. The smallest absolute Gasteiger partial charge is 0.256 e. The van der Waals surface area contributed by atoms with Gasteiger partial charge < -0.3 is 5.11 Å². The largest absolute Gasteiger partial charge is 0.393 e. The van der Waals surface area contributed by atoms with Crippen LogP contribution in [0.5, 0.6) is 0 Å². The first kappa shape index (κ1) is 11.9. The maximum Gasteiger partial charge on any atom is 0.256 e. The van der Waals surface area contributed by atoms with E-state index in [9.17, 15) is 9.59 Å². The van der Waals surface area contributed by atoms with Gasteiger partial charge in [0.05, 0.1) is 6.10 Å². The normalized spacial score (nSPS) is 19.1. The summed E-state index contributed by atoms with van der Waals surface area (Å²) in [6.07, 6.45) is 0.873. The van der Waals surface area contributed by atoms with Crippen LogP contribution in [0.3, 0.4) is 0 Å². The van der Waals surface area contributed by atoms with Crippen LogP contribution in [-0.4, -0.2) is 34.5 Å². The van der Waals surface area contributed by atoms with Crippen LogP contribution < -0.4 is 0 Å². The van der Waals surface area contributed by atoms with Crippen molar-refractivity contribution in [2.24, 2.45) is 0 Å². The summed E-state index contributed by atoms with van der Waals surface area (Å²) in [5.74, 6) is -0.383. The molecule has 4 heteroatoms. The minimum Gasteiger partial charge on any atom is -0.393 e. The predicted octanol–water partition coefficient (Wildman–Crippen LogP) is 0.853. The van der Waals surface area contributed by atoms with E-state index in [0.29, 0.717) is 30.5 Å². The van der Waals surface area contributed by atoms with Crippen LogP contribution in [-0.2, 0) is 9.59 Å². The fourth-order valence-corrected chi connectivity index (χ4v) is 1.57. The van der Waals surface area contributed by atoms with Crippen molar-refractivity contribution in [3.8, 4) is 0 Å². The number of hydrogen-bond donors (Lipinski definition) is 1. The second-order valence-electron chi connectivity index (χ2n) is 4.00. The summed E-state index contributed by atoms with van der Waals surface area (Å²) in [5, 5.41) is 9.06. The lowest BCUT2D eigenvalue weighted by molar-refractivity contribution is -0.137. The summed E-state index contributed by atoms with van der Waals surface area (Å²) in [6, 6.07) is 0. The summed E-state index contributed by atoms with van der Waals surface area (Å²) >= 11 is 0. The summed E-state index contributed by atoms with van der Waals surface area (Å²) in [4.78, 5) is 24.4. The van der Waals surface area contributed by atoms with E-state index in [-0.39, 0.29) is 17.9 Å². The maximum absolute atomic E-state index is 11.6. The van der Waals surface area contributed by atoms with E-state index in [1.54, 1.807) is 20.8 Å². The van der Waals surface area contributed by atoms with E-state index in [4.69, 9.17) is 5.11 Å². The van der Waals surface area contributed by atoms with Crippen molar-refractivity contribution in [1.29, 1.82) is 0 Å². The fourth-order valence-electron chi connectivity index (χ4n) is 1.57. The summed E-state index contributed by atoms with van der Waals surface area (Å²) in [5.41, 5.74) is 1.08. The second-order valence-corrected chi connectivity index (χ2v) is 4.00. The Morgan fingerprint density at radius 1 is 1.20 bits per heavy atom. The van der Waals surface area contributed by atoms with Gasteiger partial charge in [-0.2, -0.15) is 0 Å². The predicted molar refractivity (Wildman–Crippen MR) is 56.0 cm³/mol. The molecule has 1 aliphatic rings. The van der Waals surface area contributed by atoms with Crippen LogP contribution in [0, 0.1) is 0 Å². The van der Waals surface area contributed by atoms with E-state index >= 15 is 0 Å². The Kier molecular flexibility index (Phi) is 3.63. The number of aliphatic hydroxyl groups excluding tert-OH is 1. The van der Waals surface area contributed by atoms with Gasteiger partial charge in [-0.25, -0.2) is 0 Å². The van der Waals surface area contributed by atoms with Gasteiger partial charge in [0, 0.05) is 17.7 Å². The summed E-state index contributed by atoms with van der Waals surface area (Å²) in [6.45, 7) is 5.44. The number of rotatable bonds is 4. The third kappa shape index (κ3) is 2.45. The van der Waals surface area contributed by atoms with Crippen molar-refractivity contribution in [1.82, 2.24) is 4.90 Å². The van der Waals surface area contributed by atoms with Crippen LogP contribution in [0.2, 0.25) is 0 Å². The van der Waals surface area contributed by atoms with Crippen LogP contribution in [0.4, 0.5) is 0 Å². The van der Waals surface area contributed by atoms with Crippen molar-refractivity contribution >= 4 is 11.8 Å². The highest BCUT2D eigenvalue weighted by Gasteiger charge is 2.32. The molecule has 0 spiro atoms. The van der Waals surface area contributed by atoms with Crippen molar-refractivity contribution in [3.63, 3.8) is 0 Å². The standard InChI is InChI=1S/C11H17NO3/c1-7(13)5-4-6-12-10(14)8(2)9(3)11(12)15/h7,13H,4-6H2,1-3H3. The third-order valence-corrected chi connectivity index (χ3v) is 2.70. The number of carbonyl (C=O) groups excluding carboxylic acids is 2. The van der Waals surface area contributed by atoms with Gasteiger partial charge in [0.25, 0.3) is 11.8 Å². The SMILES string of the molecule is CC1=C(C)C(=O)N(CCCC(C)O)C1=O. The average molecular weight is 211 g/mol. The molecule has 1 heterocycles. The first-order valence-corrected chi connectivity index (χ1v) is 5.17. The lowest BCUT2D eigenvalue weighted by Gasteiger charge is -2.14. The third-order valence-electron chi connectivity index (χ3n) is 2.70. The zero-order valence-electron chi connectivity index (χ0n) is 9.41. The molecule has 0 aromatic rings. The maximum atomic E-state index is 11.6. The van der Waals surface area contributed by atoms with Gasteiger partial charge in [0.2, 0.25) is 0 Å². The molecule has 1 N–H and O–H groups in total. The van der Waals surface area contributed by atoms with Crippen molar-refractivity contribution in [2.75, 3.05) is 6.54 Å². The van der Waals surface area contributed by atoms with E-state index in [0.717, 1.165) is 0 Å². The minimum atomic E-state index is -0.382. The van der Waals surface area contributed by atoms with Gasteiger partial charge in [-0.15, -0.1) is 0 Å². The molecule has 15 heavy (non-hydrogen) atoms. The lowest BCUT2D eigenvalue weighted by Crippen LogP contribution is -2.32. The summed E-state index contributed by atoms with van der Waals surface area (Å²) < 4.78 is 0. The number of amides is 2. The van der Waals surface area contributed by atoms with Gasteiger partial charge in [0.15, 0.2) is 0 Å². The Morgan fingerprint density at radius 3 is 2.07 bits per heavy atom. The van der Waals surface area contributed by atoms with Gasteiger partial charge in [0.1, 0.15) is 0 Å². The molecule has 2 amide bonds. The zero-order valence-corrected chi connectivity index (χ0v) is 9.41. The van der Waals surface area contributed by atoms with E-state index in [2.05, 4.69) is 0 Å². The van der Waals surface area contributed by atoms with Crippen LogP contribution in [0.25, 0.3) is 0 Å². The monoisotopic (exact) mass is 211 g/mol. The van der Waals surface area contributed by atoms with E-state index in [1.807, 2.05) is 0 Å². The highest BCUT2D eigenvalue weighted by molar-refractivity contribution is 6.18. The highest BCUT2D eigenvalue weighted by Crippen LogP contribution is 2.20. The first-order chi connectivity index (χ1) is 6.95. The molecule has 0 saturated carbocycles. The topological polar surface area (TPSA) is 57.6 Å². The van der Waals surface area contributed by atoms with Crippen LogP contribution in [0.1, 0.15) is 33.6 Å².